The van der Waals surface area contributed by atoms with E-state index in [1.165, 1.54) is 12.3 Å². The maximum Gasteiger partial charge on any atom is 0.267 e. The zero-order valence-corrected chi connectivity index (χ0v) is 9.77. The Morgan fingerprint density at radius 2 is 2.06 bits per heavy atom. The van der Waals surface area contributed by atoms with Gasteiger partial charge in [-0.1, -0.05) is 11.6 Å². The van der Waals surface area contributed by atoms with Crippen molar-refractivity contribution < 1.29 is 4.79 Å². The Morgan fingerprint density at radius 1 is 1.29 bits per heavy atom. The molecule has 1 amide bonds. The Labute approximate surface area is 103 Å². The van der Waals surface area contributed by atoms with E-state index in [-0.39, 0.29) is 5.69 Å². The van der Waals surface area contributed by atoms with E-state index in [9.17, 15) is 4.79 Å². The molecule has 17 heavy (non-hydrogen) atoms. The van der Waals surface area contributed by atoms with Crippen LogP contribution in [0.2, 0.25) is 5.15 Å². The highest BCUT2D eigenvalue weighted by Crippen LogP contribution is 2.23. The van der Waals surface area contributed by atoms with Gasteiger partial charge in [0.2, 0.25) is 0 Å². The number of carbonyl (C=O) groups excluding carboxylic acids is 1. The first-order valence-corrected chi connectivity index (χ1v) is 5.22. The Kier molecular flexibility index (Phi) is 3.01. The second-order valence-corrected chi connectivity index (χ2v) is 3.78. The van der Waals surface area contributed by atoms with Crippen LogP contribution < -0.4 is 5.73 Å². The van der Waals surface area contributed by atoms with Crippen LogP contribution in [0.25, 0.3) is 11.4 Å². The summed E-state index contributed by atoms with van der Waals surface area (Å²) in [5, 5.41) is 0.298. The molecule has 2 N–H and O–H groups in total. The van der Waals surface area contributed by atoms with Crippen molar-refractivity contribution in [3.63, 3.8) is 0 Å². The monoisotopic (exact) mass is 248 g/mol. The molecule has 2 rings (SSSR count). The van der Waals surface area contributed by atoms with Crippen LogP contribution in [0.5, 0.6) is 0 Å². The molecule has 0 atom stereocenters. The summed E-state index contributed by atoms with van der Waals surface area (Å²) in [5.74, 6) is -0.274. The van der Waals surface area contributed by atoms with E-state index in [4.69, 9.17) is 17.3 Å². The minimum absolute atomic E-state index is 0.145. The van der Waals surface area contributed by atoms with Gasteiger partial charge in [-0.05, 0) is 25.1 Å². The highest BCUT2D eigenvalue weighted by Gasteiger charge is 2.10. The molecule has 0 aromatic carbocycles. The lowest BCUT2D eigenvalue weighted by Crippen LogP contribution is -2.13. The maximum atomic E-state index is 11.0. The highest BCUT2D eigenvalue weighted by atomic mass is 35.5. The third kappa shape index (κ3) is 2.39. The predicted molar refractivity (Wildman–Crippen MR) is 63.5 cm³/mol. The van der Waals surface area contributed by atoms with Crippen LogP contribution in [0.15, 0.2) is 24.4 Å². The highest BCUT2D eigenvalue weighted by molar-refractivity contribution is 6.31. The summed E-state index contributed by atoms with van der Waals surface area (Å²) in [6.07, 6.45) is 1.46. The average molecular weight is 249 g/mol. The number of carbonyl (C=O) groups is 1. The van der Waals surface area contributed by atoms with E-state index >= 15 is 0 Å². The van der Waals surface area contributed by atoms with Gasteiger partial charge in [-0.25, -0.2) is 15.0 Å². The quantitative estimate of drug-likeness (QED) is 0.819. The van der Waals surface area contributed by atoms with Gasteiger partial charge in [-0.2, -0.15) is 0 Å². The lowest BCUT2D eigenvalue weighted by Gasteiger charge is -2.03. The molecule has 0 bridgehead atoms. The van der Waals surface area contributed by atoms with Crippen molar-refractivity contribution in [1.29, 1.82) is 0 Å². The van der Waals surface area contributed by atoms with E-state index in [1.54, 1.807) is 12.1 Å². The summed E-state index contributed by atoms with van der Waals surface area (Å²) in [5.41, 5.74) is 6.66. The second kappa shape index (κ2) is 4.47. The zero-order chi connectivity index (χ0) is 12.4. The number of hydrogen-bond donors (Lipinski definition) is 1. The summed E-state index contributed by atoms with van der Waals surface area (Å²) in [6.45, 7) is 1.83. The van der Waals surface area contributed by atoms with Crippen LogP contribution in [0.1, 0.15) is 16.2 Å². The van der Waals surface area contributed by atoms with Gasteiger partial charge in [0.05, 0.1) is 5.56 Å². The minimum Gasteiger partial charge on any atom is -0.364 e. The number of hydrogen-bond acceptors (Lipinski definition) is 4. The van der Waals surface area contributed by atoms with Gasteiger partial charge in [0, 0.05) is 11.9 Å². The first-order valence-electron chi connectivity index (χ1n) is 4.84. The molecule has 0 saturated heterocycles. The number of primary amides is 1. The van der Waals surface area contributed by atoms with Crippen LogP contribution in [-0.4, -0.2) is 20.9 Å². The Bertz CT molecular complexity index is 585. The molecule has 2 aromatic rings. The third-order valence-electron chi connectivity index (χ3n) is 2.14. The van der Waals surface area contributed by atoms with Gasteiger partial charge in [0.15, 0.2) is 5.82 Å². The minimum atomic E-state index is -0.607. The van der Waals surface area contributed by atoms with E-state index in [1.807, 2.05) is 6.92 Å². The Morgan fingerprint density at radius 3 is 2.71 bits per heavy atom. The van der Waals surface area contributed by atoms with Gasteiger partial charge in [-0.3, -0.25) is 4.79 Å². The maximum absolute atomic E-state index is 11.0. The molecule has 0 saturated carbocycles. The summed E-state index contributed by atoms with van der Waals surface area (Å²) < 4.78 is 0. The smallest absolute Gasteiger partial charge is 0.267 e. The standard InChI is InChI=1S/C11H9ClN4O/c1-6-2-3-7(9(12)15-6)11-14-5-4-8(16-11)10(13)17/h2-5H,1H3,(H2,13,17). The van der Waals surface area contributed by atoms with Crippen molar-refractivity contribution in [1.82, 2.24) is 15.0 Å². The number of nitrogens with two attached hydrogens (primary N) is 1. The van der Waals surface area contributed by atoms with E-state index < -0.39 is 5.91 Å². The van der Waals surface area contributed by atoms with Crippen molar-refractivity contribution in [2.45, 2.75) is 6.92 Å². The molecule has 0 fully saturated rings. The number of rotatable bonds is 2. The van der Waals surface area contributed by atoms with Crippen molar-refractivity contribution >= 4 is 17.5 Å². The summed E-state index contributed by atoms with van der Waals surface area (Å²) >= 11 is 5.99. The van der Waals surface area contributed by atoms with Gasteiger partial charge in [0.25, 0.3) is 5.91 Å². The van der Waals surface area contributed by atoms with Crippen LogP contribution in [0.3, 0.4) is 0 Å². The number of nitrogens with zero attached hydrogens (tertiary/aromatic N) is 3. The van der Waals surface area contributed by atoms with Gasteiger partial charge in [0.1, 0.15) is 10.8 Å². The molecule has 0 spiro atoms. The lowest BCUT2D eigenvalue weighted by atomic mass is 10.2. The van der Waals surface area contributed by atoms with Crippen molar-refractivity contribution in [2.24, 2.45) is 5.73 Å². The van der Waals surface area contributed by atoms with Crippen molar-refractivity contribution in [2.75, 3.05) is 0 Å². The third-order valence-corrected chi connectivity index (χ3v) is 2.43. The molecule has 0 aliphatic rings. The molecule has 6 heteroatoms. The van der Waals surface area contributed by atoms with Crippen LogP contribution in [0, 0.1) is 6.92 Å². The lowest BCUT2D eigenvalue weighted by molar-refractivity contribution is 0.0995. The summed E-state index contributed by atoms with van der Waals surface area (Å²) in [4.78, 5) is 23.2. The van der Waals surface area contributed by atoms with E-state index in [0.29, 0.717) is 16.5 Å². The van der Waals surface area contributed by atoms with Gasteiger partial charge >= 0.3 is 0 Å². The van der Waals surface area contributed by atoms with E-state index in [2.05, 4.69) is 15.0 Å². The van der Waals surface area contributed by atoms with Gasteiger partial charge in [-0.15, -0.1) is 0 Å². The molecular formula is C11H9ClN4O. The van der Waals surface area contributed by atoms with Crippen molar-refractivity contribution in [3.05, 3.63) is 40.9 Å². The number of aryl methyl sites for hydroxylation is 1. The van der Waals surface area contributed by atoms with Gasteiger partial charge < -0.3 is 5.73 Å². The first kappa shape index (κ1) is 11.5. The first-order chi connectivity index (χ1) is 8.08. The van der Waals surface area contributed by atoms with E-state index in [0.717, 1.165) is 5.69 Å². The molecule has 86 valence electrons. The predicted octanol–water partition coefficient (Wildman–Crippen LogP) is 1.60. The van der Waals surface area contributed by atoms with Crippen LogP contribution in [0.4, 0.5) is 0 Å². The molecule has 0 radical (unpaired) electrons. The summed E-state index contributed by atoms with van der Waals surface area (Å²) in [7, 11) is 0. The Hall–Kier alpha value is -2.01. The molecule has 0 aliphatic carbocycles. The number of halogens is 1. The van der Waals surface area contributed by atoms with Crippen LogP contribution in [-0.2, 0) is 0 Å². The molecule has 2 heterocycles. The molecule has 0 aliphatic heterocycles. The number of amides is 1. The summed E-state index contributed by atoms with van der Waals surface area (Å²) in [6, 6.07) is 4.99. The number of aromatic nitrogens is 3. The normalized spacial score (nSPS) is 10.2. The Balaban J connectivity index is 2.53. The average Bonchev–Trinajstić information content (AvgIpc) is 2.29. The number of pyridine rings is 1. The zero-order valence-electron chi connectivity index (χ0n) is 9.01. The van der Waals surface area contributed by atoms with Crippen molar-refractivity contribution in [3.8, 4) is 11.4 Å². The SMILES string of the molecule is Cc1ccc(-c2nccc(C(N)=O)n2)c(Cl)n1. The fourth-order valence-corrected chi connectivity index (χ4v) is 1.60. The fourth-order valence-electron chi connectivity index (χ4n) is 1.32. The molecule has 5 nitrogen and oxygen atoms in total. The fraction of sp³-hybridized carbons (Fsp3) is 0.0909. The topological polar surface area (TPSA) is 81.8 Å². The largest absolute Gasteiger partial charge is 0.364 e. The second-order valence-electron chi connectivity index (χ2n) is 3.42. The molecule has 2 aromatic heterocycles. The molecule has 0 unspecified atom stereocenters. The van der Waals surface area contributed by atoms with Crippen LogP contribution >= 0.6 is 11.6 Å². The molecular weight excluding hydrogens is 240 g/mol.